The zero-order chi connectivity index (χ0) is 23.3. The Morgan fingerprint density at radius 3 is 1.81 bits per heavy atom. The van der Waals surface area contributed by atoms with Gasteiger partial charge in [-0.3, -0.25) is 0 Å². The van der Waals surface area contributed by atoms with Crippen LogP contribution in [0.2, 0.25) is 0 Å². The molecule has 4 fully saturated rings. The van der Waals surface area contributed by atoms with Crippen LogP contribution in [0.15, 0.2) is 24.3 Å². The molecule has 4 bridgehead atoms. The number of aromatic nitrogens is 1. The Morgan fingerprint density at radius 1 is 0.844 bits per heavy atom. The SMILES string of the molecule is C.CC.CC(C)(C)c1nc2ccccc2s1.CC12CC3CC(C)(C1)CC(C(C)(C)C)(C3)C2. The van der Waals surface area contributed by atoms with Crippen molar-refractivity contribution in [2.45, 2.75) is 121 Å². The maximum Gasteiger partial charge on any atom is 0.0992 e. The van der Waals surface area contributed by atoms with Crippen LogP contribution in [-0.4, -0.2) is 4.98 Å². The zero-order valence-corrected chi connectivity index (χ0v) is 22.8. The Bertz CT molecular complexity index is 842. The van der Waals surface area contributed by atoms with Crippen molar-refractivity contribution in [1.82, 2.24) is 4.98 Å². The molecule has 32 heavy (non-hydrogen) atoms. The van der Waals surface area contributed by atoms with Crippen molar-refractivity contribution in [3.63, 3.8) is 0 Å². The lowest BCUT2D eigenvalue weighted by molar-refractivity contribution is -0.184. The molecule has 4 aliphatic rings. The molecule has 2 aromatic rings. The second-order valence-corrected chi connectivity index (χ2v) is 14.4. The van der Waals surface area contributed by atoms with Crippen molar-refractivity contribution in [2.75, 3.05) is 0 Å². The summed E-state index contributed by atoms with van der Waals surface area (Å²) < 4.78 is 1.28. The average Bonchev–Trinajstić information content (AvgIpc) is 3.05. The van der Waals surface area contributed by atoms with E-state index in [0.717, 1.165) is 11.4 Å². The molecule has 1 aromatic heterocycles. The van der Waals surface area contributed by atoms with Gasteiger partial charge in [-0.05, 0) is 78.2 Å². The second-order valence-electron chi connectivity index (χ2n) is 13.4. The van der Waals surface area contributed by atoms with E-state index in [1.807, 2.05) is 19.9 Å². The predicted octanol–water partition coefficient (Wildman–Crippen LogP) is 10.3. The third-order valence-electron chi connectivity index (χ3n) is 8.15. The van der Waals surface area contributed by atoms with Gasteiger partial charge in [0, 0.05) is 5.41 Å². The normalized spacial score (nSPS) is 33.0. The highest BCUT2D eigenvalue weighted by Crippen LogP contribution is 2.73. The van der Waals surface area contributed by atoms with Crippen LogP contribution in [-0.2, 0) is 5.41 Å². The minimum atomic E-state index is 0. The highest BCUT2D eigenvalue weighted by molar-refractivity contribution is 7.18. The fraction of sp³-hybridized carbons (Fsp3) is 0.767. The number of benzene rings is 1. The van der Waals surface area contributed by atoms with Crippen LogP contribution in [0.4, 0.5) is 0 Å². The van der Waals surface area contributed by atoms with Gasteiger partial charge in [-0.15, -0.1) is 11.3 Å². The smallest absolute Gasteiger partial charge is 0.0992 e. The molecular weight excluding hydrogens is 406 g/mol. The first-order valence-corrected chi connectivity index (χ1v) is 13.4. The summed E-state index contributed by atoms with van der Waals surface area (Å²) in [5.74, 6) is 1.05. The van der Waals surface area contributed by atoms with Gasteiger partial charge in [0.05, 0.1) is 15.2 Å². The topological polar surface area (TPSA) is 12.9 Å². The molecule has 0 amide bonds. The molecule has 182 valence electrons. The fourth-order valence-electron chi connectivity index (χ4n) is 7.48. The van der Waals surface area contributed by atoms with Crippen molar-refractivity contribution in [1.29, 1.82) is 0 Å². The molecule has 0 radical (unpaired) electrons. The Hall–Kier alpha value is -0.890. The number of hydrogen-bond acceptors (Lipinski definition) is 2. The summed E-state index contributed by atoms with van der Waals surface area (Å²) in [7, 11) is 0. The first-order chi connectivity index (χ1) is 14.2. The van der Waals surface area contributed by atoms with Crippen molar-refractivity contribution in [2.24, 2.45) is 27.6 Å². The molecule has 2 heteroatoms. The predicted molar refractivity (Wildman–Crippen MR) is 146 cm³/mol. The van der Waals surface area contributed by atoms with Gasteiger partial charge in [0.25, 0.3) is 0 Å². The molecular formula is C30H51NS. The van der Waals surface area contributed by atoms with Crippen LogP contribution in [0.3, 0.4) is 0 Å². The summed E-state index contributed by atoms with van der Waals surface area (Å²) in [5, 5.41) is 1.22. The van der Waals surface area contributed by atoms with E-state index >= 15 is 0 Å². The summed E-state index contributed by atoms with van der Waals surface area (Å²) in [6.07, 6.45) is 9.11. The van der Waals surface area contributed by atoms with Gasteiger partial charge < -0.3 is 0 Å². The number of hydrogen-bond donors (Lipinski definition) is 0. The monoisotopic (exact) mass is 457 g/mol. The summed E-state index contributed by atoms with van der Waals surface area (Å²) in [6, 6.07) is 8.30. The maximum atomic E-state index is 4.60. The molecule has 1 aromatic carbocycles. The summed E-state index contributed by atoms with van der Waals surface area (Å²) >= 11 is 1.79. The maximum absolute atomic E-state index is 4.60. The lowest BCUT2D eigenvalue weighted by Crippen LogP contribution is -2.58. The number of para-hydroxylation sites is 1. The van der Waals surface area contributed by atoms with Crippen LogP contribution in [0, 0.1) is 27.6 Å². The third-order valence-corrected chi connectivity index (χ3v) is 9.61. The quantitative estimate of drug-likeness (QED) is 0.383. The highest BCUT2D eigenvalue weighted by Gasteiger charge is 2.62. The first-order valence-electron chi connectivity index (χ1n) is 12.6. The number of fused-ring (bicyclic) bond motifs is 1. The van der Waals surface area contributed by atoms with E-state index in [-0.39, 0.29) is 12.8 Å². The standard InChI is InChI=1S/C16H28.C11H13NS.C2H6.CH4/c1-13(2,3)16-8-12-6-14(4,10-16)9-15(5,7-12)11-16;1-11(2,3)10-12-8-6-4-5-7-9(8)13-10;1-2;/h12H,6-11H2,1-5H3;4-7H,1-3H3;1-2H3;1H4. The molecule has 4 aliphatic carbocycles. The van der Waals surface area contributed by atoms with Crippen LogP contribution >= 0.6 is 11.3 Å². The molecule has 0 saturated heterocycles. The molecule has 1 nitrogen and oxygen atoms in total. The van der Waals surface area contributed by atoms with Gasteiger partial charge in [0.2, 0.25) is 0 Å². The Balaban J connectivity index is 0.000000208. The second kappa shape index (κ2) is 9.05. The van der Waals surface area contributed by atoms with Crippen LogP contribution in [0.25, 0.3) is 10.2 Å². The van der Waals surface area contributed by atoms with E-state index in [0.29, 0.717) is 21.7 Å². The molecule has 0 aliphatic heterocycles. The Labute approximate surface area is 203 Å². The van der Waals surface area contributed by atoms with Crippen LogP contribution in [0.1, 0.15) is 120 Å². The van der Waals surface area contributed by atoms with E-state index in [1.165, 1.54) is 48.2 Å². The van der Waals surface area contributed by atoms with Crippen molar-refractivity contribution >= 4 is 21.6 Å². The summed E-state index contributed by atoms with van der Waals surface area (Å²) in [6.45, 7) is 23.2. The number of nitrogens with zero attached hydrogens (tertiary/aromatic N) is 1. The molecule has 1 heterocycles. The van der Waals surface area contributed by atoms with Gasteiger partial charge in [-0.2, -0.15) is 0 Å². The molecule has 6 rings (SSSR count). The van der Waals surface area contributed by atoms with Gasteiger partial charge in [-0.1, -0.05) is 88.8 Å². The number of rotatable bonds is 0. The van der Waals surface area contributed by atoms with Crippen molar-refractivity contribution in [3.05, 3.63) is 29.3 Å². The van der Waals surface area contributed by atoms with Crippen LogP contribution < -0.4 is 0 Å². The minimum absolute atomic E-state index is 0. The van der Waals surface area contributed by atoms with E-state index in [1.54, 1.807) is 11.3 Å². The molecule has 2 unspecified atom stereocenters. The third kappa shape index (κ3) is 5.26. The first kappa shape index (κ1) is 27.4. The zero-order valence-electron chi connectivity index (χ0n) is 22.0. The van der Waals surface area contributed by atoms with Crippen molar-refractivity contribution in [3.8, 4) is 0 Å². The van der Waals surface area contributed by atoms with Gasteiger partial charge >= 0.3 is 0 Å². The highest BCUT2D eigenvalue weighted by atomic mass is 32.1. The largest absolute Gasteiger partial charge is 0.241 e. The molecule has 2 atom stereocenters. The van der Waals surface area contributed by atoms with E-state index < -0.39 is 0 Å². The lowest BCUT2D eigenvalue weighted by atomic mass is 9.36. The van der Waals surface area contributed by atoms with Gasteiger partial charge in [-0.25, -0.2) is 4.98 Å². The van der Waals surface area contributed by atoms with Crippen LogP contribution in [0.5, 0.6) is 0 Å². The Kier molecular flexibility index (Phi) is 7.73. The molecule has 4 saturated carbocycles. The lowest BCUT2D eigenvalue weighted by Gasteiger charge is -2.69. The fourth-order valence-corrected chi connectivity index (χ4v) is 8.50. The summed E-state index contributed by atoms with van der Waals surface area (Å²) in [4.78, 5) is 4.60. The molecule has 0 N–H and O–H groups in total. The molecule has 0 spiro atoms. The van der Waals surface area contributed by atoms with Crippen molar-refractivity contribution < 1.29 is 0 Å². The van der Waals surface area contributed by atoms with E-state index in [9.17, 15) is 0 Å². The van der Waals surface area contributed by atoms with Gasteiger partial charge in [0.15, 0.2) is 0 Å². The minimum Gasteiger partial charge on any atom is -0.241 e. The Morgan fingerprint density at radius 2 is 1.38 bits per heavy atom. The van der Waals surface area contributed by atoms with E-state index in [2.05, 4.69) is 78.6 Å². The summed E-state index contributed by atoms with van der Waals surface area (Å²) in [5.41, 5.74) is 3.83. The van der Waals surface area contributed by atoms with Gasteiger partial charge in [0.1, 0.15) is 0 Å². The number of thiazole rings is 1. The average molecular weight is 458 g/mol. The van der Waals surface area contributed by atoms with E-state index in [4.69, 9.17) is 0 Å².